The Balaban J connectivity index is 2.26. The van der Waals surface area contributed by atoms with E-state index in [1.54, 1.807) is 0 Å². The third kappa shape index (κ3) is 5.71. The largest absolute Gasteiger partial charge is 0.370 e. The van der Waals surface area contributed by atoms with Crippen molar-refractivity contribution in [2.45, 2.75) is 39.5 Å². The molecule has 0 aromatic heterocycles. The molecule has 0 amide bonds. The Morgan fingerprint density at radius 3 is 2.44 bits per heavy atom. The van der Waals surface area contributed by atoms with Gasteiger partial charge < -0.3 is 11.1 Å². The summed E-state index contributed by atoms with van der Waals surface area (Å²) in [6.07, 6.45) is 4.32. The molecule has 0 spiro atoms. The lowest BCUT2D eigenvalue weighted by atomic mass is 10.1. The SMILES string of the molecule is CCCCN=C(N)NCCc1ccc(CC)cc1. The average Bonchev–Trinajstić information content (AvgIpc) is 2.40. The van der Waals surface area contributed by atoms with Crippen molar-refractivity contribution in [1.82, 2.24) is 5.32 Å². The van der Waals surface area contributed by atoms with Crippen LogP contribution in [0, 0.1) is 0 Å². The highest BCUT2D eigenvalue weighted by molar-refractivity contribution is 5.77. The first-order valence-corrected chi connectivity index (χ1v) is 6.87. The number of unbranched alkanes of at least 4 members (excludes halogenated alkanes) is 1. The van der Waals surface area contributed by atoms with Gasteiger partial charge in [0, 0.05) is 13.1 Å². The van der Waals surface area contributed by atoms with Crippen molar-refractivity contribution in [1.29, 1.82) is 0 Å². The highest BCUT2D eigenvalue weighted by Gasteiger charge is 1.95. The van der Waals surface area contributed by atoms with Gasteiger partial charge in [0.1, 0.15) is 0 Å². The molecule has 0 atom stereocenters. The van der Waals surface area contributed by atoms with Crippen molar-refractivity contribution in [3.63, 3.8) is 0 Å². The predicted molar refractivity (Wildman–Crippen MR) is 78.9 cm³/mol. The summed E-state index contributed by atoms with van der Waals surface area (Å²) < 4.78 is 0. The van der Waals surface area contributed by atoms with E-state index in [9.17, 15) is 0 Å². The van der Waals surface area contributed by atoms with Crippen LogP contribution in [0.25, 0.3) is 0 Å². The number of nitrogens with two attached hydrogens (primary N) is 1. The first kappa shape index (κ1) is 14.6. The van der Waals surface area contributed by atoms with E-state index in [1.165, 1.54) is 11.1 Å². The molecule has 3 nitrogen and oxygen atoms in total. The molecule has 1 rings (SSSR count). The Kier molecular flexibility index (Phi) is 6.92. The molecule has 0 aliphatic rings. The summed E-state index contributed by atoms with van der Waals surface area (Å²) in [6.45, 7) is 5.98. The molecule has 0 bridgehead atoms. The Morgan fingerprint density at radius 2 is 1.83 bits per heavy atom. The van der Waals surface area contributed by atoms with E-state index in [-0.39, 0.29) is 0 Å². The van der Waals surface area contributed by atoms with Crippen LogP contribution in [-0.2, 0) is 12.8 Å². The molecule has 0 radical (unpaired) electrons. The highest BCUT2D eigenvalue weighted by atomic mass is 15.1. The number of aliphatic imine (C=N–C) groups is 1. The molecular weight excluding hydrogens is 222 g/mol. The zero-order chi connectivity index (χ0) is 13.2. The van der Waals surface area contributed by atoms with E-state index in [0.717, 1.165) is 38.8 Å². The minimum atomic E-state index is 0.564. The van der Waals surface area contributed by atoms with E-state index in [2.05, 4.69) is 48.4 Å². The monoisotopic (exact) mass is 247 g/mol. The van der Waals surface area contributed by atoms with Crippen molar-refractivity contribution < 1.29 is 0 Å². The summed E-state index contributed by atoms with van der Waals surface area (Å²) in [7, 11) is 0. The second kappa shape index (κ2) is 8.56. The van der Waals surface area contributed by atoms with E-state index in [0.29, 0.717) is 5.96 Å². The summed E-state index contributed by atoms with van der Waals surface area (Å²) in [5.41, 5.74) is 8.48. The first-order chi connectivity index (χ1) is 8.76. The van der Waals surface area contributed by atoms with E-state index in [4.69, 9.17) is 5.73 Å². The number of guanidine groups is 1. The van der Waals surface area contributed by atoms with Gasteiger partial charge in [-0.05, 0) is 30.4 Å². The van der Waals surface area contributed by atoms with Crippen LogP contribution >= 0.6 is 0 Å². The van der Waals surface area contributed by atoms with Gasteiger partial charge in [-0.15, -0.1) is 0 Å². The Morgan fingerprint density at radius 1 is 1.17 bits per heavy atom. The quantitative estimate of drug-likeness (QED) is 0.442. The van der Waals surface area contributed by atoms with Gasteiger partial charge in [0.2, 0.25) is 0 Å². The van der Waals surface area contributed by atoms with Crippen molar-refractivity contribution in [2.75, 3.05) is 13.1 Å². The second-order valence-corrected chi connectivity index (χ2v) is 4.47. The third-order valence-corrected chi connectivity index (χ3v) is 2.94. The molecule has 0 unspecified atom stereocenters. The summed E-state index contributed by atoms with van der Waals surface area (Å²) >= 11 is 0. The van der Waals surface area contributed by atoms with Crippen LogP contribution in [-0.4, -0.2) is 19.0 Å². The lowest BCUT2D eigenvalue weighted by Gasteiger charge is -2.06. The van der Waals surface area contributed by atoms with Gasteiger partial charge in [-0.1, -0.05) is 44.5 Å². The van der Waals surface area contributed by atoms with Crippen molar-refractivity contribution in [2.24, 2.45) is 10.7 Å². The normalized spacial score (nSPS) is 11.6. The zero-order valence-corrected chi connectivity index (χ0v) is 11.6. The molecule has 0 aliphatic heterocycles. The molecule has 0 saturated carbocycles. The summed E-state index contributed by atoms with van der Waals surface area (Å²) in [6, 6.07) is 8.75. The van der Waals surface area contributed by atoms with Gasteiger partial charge in [0.15, 0.2) is 5.96 Å². The molecular formula is C15H25N3. The van der Waals surface area contributed by atoms with Crippen LogP contribution < -0.4 is 11.1 Å². The van der Waals surface area contributed by atoms with Gasteiger partial charge in [0.25, 0.3) is 0 Å². The molecule has 3 heteroatoms. The fraction of sp³-hybridized carbons (Fsp3) is 0.533. The number of benzene rings is 1. The summed E-state index contributed by atoms with van der Waals surface area (Å²) in [4.78, 5) is 4.26. The van der Waals surface area contributed by atoms with E-state index in [1.807, 2.05) is 0 Å². The second-order valence-electron chi connectivity index (χ2n) is 4.47. The lowest BCUT2D eigenvalue weighted by molar-refractivity contribution is 0.791. The van der Waals surface area contributed by atoms with E-state index < -0.39 is 0 Å². The smallest absolute Gasteiger partial charge is 0.188 e. The third-order valence-electron chi connectivity index (χ3n) is 2.94. The Labute approximate surface area is 111 Å². The maximum absolute atomic E-state index is 5.76. The van der Waals surface area contributed by atoms with Gasteiger partial charge in [-0.25, -0.2) is 0 Å². The number of nitrogens with zero attached hydrogens (tertiary/aromatic N) is 1. The minimum absolute atomic E-state index is 0.564. The molecule has 3 N–H and O–H groups in total. The fourth-order valence-corrected chi connectivity index (χ4v) is 1.69. The van der Waals surface area contributed by atoms with Crippen LogP contribution in [0.15, 0.2) is 29.3 Å². The van der Waals surface area contributed by atoms with Crippen LogP contribution in [0.1, 0.15) is 37.8 Å². The van der Waals surface area contributed by atoms with Gasteiger partial charge in [0.05, 0.1) is 0 Å². The Hall–Kier alpha value is -1.51. The van der Waals surface area contributed by atoms with Crippen molar-refractivity contribution >= 4 is 5.96 Å². The van der Waals surface area contributed by atoms with E-state index >= 15 is 0 Å². The number of nitrogens with one attached hydrogen (secondary N) is 1. The molecule has 18 heavy (non-hydrogen) atoms. The fourth-order valence-electron chi connectivity index (χ4n) is 1.69. The molecule has 1 aromatic rings. The Bertz CT molecular complexity index is 355. The average molecular weight is 247 g/mol. The summed E-state index contributed by atoms with van der Waals surface area (Å²) in [5, 5.41) is 3.15. The van der Waals surface area contributed by atoms with Gasteiger partial charge in [-0.2, -0.15) is 0 Å². The number of hydrogen-bond acceptors (Lipinski definition) is 1. The number of rotatable bonds is 7. The lowest BCUT2D eigenvalue weighted by Crippen LogP contribution is -2.33. The molecule has 0 heterocycles. The molecule has 0 saturated heterocycles. The van der Waals surface area contributed by atoms with Gasteiger partial charge in [-0.3, -0.25) is 4.99 Å². The predicted octanol–water partition coefficient (Wildman–Crippen LogP) is 2.50. The molecule has 0 aliphatic carbocycles. The number of aryl methyl sites for hydroxylation is 1. The summed E-state index contributed by atoms with van der Waals surface area (Å²) in [5.74, 6) is 0.564. The maximum Gasteiger partial charge on any atom is 0.188 e. The topological polar surface area (TPSA) is 50.4 Å². The van der Waals surface area contributed by atoms with Crippen LogP contribution in [0.3, 0.4) is 0 Å². The van der Waals surface area contributed by atoms with Crippen LogP contribution in [0.2, 0.25) is 0 Å². The molecule has 1 aromatic carbocycles. The van der Waals surface area contributed by atoms with Gasteiger partial charge >= 0.3 is 0 Å². The first-order valence-electron chi connectivity index (χ1n) is 6.87. The van der Waals surface area contributed by atoms with Crippen LogP contribution in [0.4, 0.5) is 0 Å². The maximum atomic E-state index is 5.76. The zero-order valence-electron chi connectivity index (χ0n) is 11.6. The molecule has 100 valence electrons. The van der Waals surface area contributed by atoms with Crippen LogP contribution in [0.5, 0.6) is 0 Å². The standard InChI is InChI=1S/C15H25N3/c1-3-5-11-17-15(16)18-12-10-14-8-6-13(4-2)7-9-14/h6-9H,3-5,10-12H2,1-2H3,(H3,16,17,18). The van der Waals surface area contributed by atoms with Crippen molar-refractivity contribution in [3.05, 3.63) is 35.4 Å². The highest BCUT2D eigenvalue weighted by Crippen LogP contribution is 2.05. The van der Waals surface area contributed by atoms with Crippen molar-refractivity contribution in [3.8, 4) is 0 Å². The minimum Gasteiger partial charge on any atom is -0.370 e. The molecule has 0 fully saturated rings. The number of hydrogen-bond donors (Lipinski definition) is 2.